The molecule has 0 bridgehead atoms. The van der Waals surface area contributed by atoms with Gasteiger partial charge < -0.3 is 15.4 Å². The molecule has 0 aromatic heterocycles. The third kappa shape index (κ3) is 2.84. The minimum atomic E-state index is -0.510. The Morgan fingerprint density at radius 2 is 1.96 bits per heavy atom. The summed E-state index contributed by atoms with van der Waals surface area (Å²) in [5, 5.41) is 0. The lowest BCUT2D eigenvalue weighted by Crippen LogP contribution is -2.50. The number of rotatable bonds is 3. The van der Waals surface area contributed by atoms with Crippen LogP contribution in [0.15, 0.2) is 36.4 Å². The number of amides is 1. The molecule has 1 unspecified atom stereocenters. The van der Waals surface area contributed by atoms with E-state index in [-0.39, 0.29) is 11.9 Å². The number of ether oxygens (including phenoxy) is 1. The molecule has 0 saturated carbocycles. The molecule has 1 atom stereocenters. The van der Waals surface area contributed by atoms with Crippen LogP contribution in [0.2, 0.25) is 0 Å². The van der Waals surface area contributed by atoms with E-state index in [9.17, 15) is 4.79 Å². The van der Waals surface area contributed by atoms with E-state index in [4.69, 9.17) is 10.5 Å². The number of hydrogen-bond donors (Lipinski definition) is 1. The van der Waals surface area contributed by atoms with Crippen LogP contribution >= 0.6 is 0 Å². The quantitative estimate of drug-likeness (QED) is 0.877. The first-order chi connectivity index (χ1) is 11.4. The molecule has 4 heteroatoms. The van der Waals surface area contributed by atoms with Crippen LogP contribution < -0.4 is 15.4 Å². The van der Waals surface area contributed by atoms with E-state index in [1.807, 2.05) is 32.0 Å². The SMILES string of the molecule is Cc1cccc(CC2Oc3ccc(N)cc3N(C(C)C)C2=O)c1C. The van der Waals surface area contributed by atoms with Crippen LogP contribution in [0.5, 0.6) is 5.75 Å². The number of benzene rings is 2. The Kier molecular flexibility index (Phi) is 4.22. The summed E-state index contributed by atoms with van der Waals surface area (Å²) in [5.41, 5.74) is 10.9. The largest absolute Gasteiger partial charge is 0.478 e. The molecule has 126 valence electrons. The fraction of sp³-hybridized carbons (Fsp3) is 0.350. The molecule has 0 saturated heterocycles. The van der Waals surface area contributed by atoms with Gasteiger partial charge in [0.1, 0.15) is 5.75 Å². The average Bonchev–Trinajstić information content (AvgIpc) is 2.52. The van der Waals surface area contributed by atoms with Crippen molar-refractivity contribution in [1.82, 2.24) is 0 Å². The summed E-state index contributed by atoms with van der Waals surface area (Å²) in [4.78, 5) is 14.8. The molecular formula is C20H24N2O2. The van der Waals surface area contributed by atoms with Gasteiger partial charge in [-0.25, -0.2) is 0 Å². The molecule has 1 aliphatic heterocycles. The number of nitrogens with two attached hydrogens (primary N) is 1. The minimum Gasteiger partial charge on any atom is -0.478 e. The number of carbonyl (C=O) groups is 1. The van der Waals surface area contributed by atoms with Crippen molar-refractivity contribution in [2.45, 2.75) is 46.3 Å². The number of hydrogen-bond acceptors (Lipinski definition) is 3. The number of nitrogens with zero attached hydrogens (tertiary/aromatic N) is 1. The van der Waals surface area contributed by atoms with E-state index in [0.717, 1.165) is 11.3 Å². The highest BCUT2D eigenvalue weighted by molar-refractivity contribution is 6.01. The van der Waals surface area contributed by atoms with Crippen LogP contribution in [0.4, 0.5) is 11.4 Å². The molecular weight excluding hydrogens is 300 g/mol. The van der Waals surface area contributed by atoms with E-state index >= 15 is 0 Å². The van der Waals surface area contributed by atoms with Gasteiger partial charge in [-0.2, -0.15) is 0 Å². The minimum absolute atomic E-state index is 0.0102. The predicted molar refractivity (Wildman–Crippen MR) is 97.5 cm³/mol. The Morgan fingerprint density at radius 1 is 1.21 bits per heavy atom. The van der Waals surface area contributed by atoms with Crippen molar-refractivity contribution >= 4 is 17.3 Å². The highest BCUT2D eigenvalue weighted by Crippen LogP contribution is 2.37. The number of carbonyl (C=O) groups excluding carboxylic acids is 1. The maximum absolute atomic E-state index is 13.0. The first-order valence-electron chi connectivity index (χ1n) is 8.33. The van der Waals surface area contributed by atoms with Gasteiger partial charge in [-0.15, -0.1) is 0 Å². The summed E-state index contributed by atoms with van der Waals surface area (Å²) in [6.45, 7) is 8.18. The van der Waals surface area contributed by atoms with Crippen molar-refractivity contribution in [3.63, 3.8) is 0 Å². The van der Waals surface area contributed by atoms with E-state index < -0.39 is 6.10 Å². The van der Waals surface area contributed by atoms with Crippen LogP contribution in [0.25, 0.3) is 0 Å². The van der Waals surface area contributed by atoms with Gasteiger partial charge in [0.2, 0.25) is 0 Å². The topological polar surface area (TPSA) is 55.6 Å². The highest BCUT2D eigenvalue weighted by atomic mass is 16.5. The monoisotopic (exact) mass is 324 g/mol. The summed E-state index contributed by atoms with van der Waals surface area (Å²) in [6, 6.07) is 11.7. The third-order valence-electron chi connectivity index (χ3n) is 4.66. The lowest BCUT2D eigenvalue weighted by molar-refractivity contribution is -0.126. The van der Waals surface area contributed by atoms with Gasteiger partial charge in [0.05, 0.1) is 5.69 Å². The fourth-order valence-corrected chi connectivity index (χ4v) is 3.19. The Morgan fingerprint density at radius 3 is 2.67 bits per heavy atom. The Balaban J connectivity index is 1.97. The van der Waals surface area contributed by atoms with Gasteiger partial charge in [-0.1, -0.05) is 18.2 Å². The average molecular weight is 324 g/mol. The fourth-order valence-electron chi connectivity index (χ4n) is 3.19. The van der Waals surface area contributed by atoms with Gasteiger partial charge in [0.15, 0.2) is 6.10 Å². The molecule has 1 aliphatic rings. The predicted octanol–water partition coefficient (Wildman–Crippen LogP) is 3.63. The van der Waals surface area contributed by atoms with E-state index in [0.29, 0.717) is 17.9 Å². The lowest BCUT2D eigenvalue weighted by Gasteiger charge is -2.37. The molecule has 2 aromatic rings. The van der Waals surface area contributed by atoms with Gasteiger partial charge >= 0.3 is 0 Å². The van der Waals surface area contributed by atoms with Crippen molar-refractivity contribution in [2.75, 3.05) is 10.6 Å². The molecule has 1 heterocycles. The van der Waals surface area contributed by atoms with Crippen LogP contribution in [0, 0.1) is 13.8 Å². The van der Waals surface area contributed by atoms with Crippen molar-refractivity contribution in [1.29, 1.82) is 0 Å². The van der Waals surface area contributed by atoms with Gasteiger partial charge in [0.25, 0.3) is 5.91 Å². The van der Waals surface area contributed by atoms with Gasteiger partial charge in [-0.3, -0.25) is 4.79 Å². The second kappa shape index (κ2) is 6.19. The van der Waals surface area contributed by atoms with Crippen molar-refractivity contribution in [2.24, 2.45) is 0 Å². The normalized spacial score (nSPS) is 17.0. The summed E-state index contributed by atoms with van der Waals surface area (Å²) in [7, 11) is 0. The molecule has 0 fully saturated rings. The molecule has 3 rings (SSSR count). The second-order valence-corrected chi connectivity index (χ2v) is 6.70. The lowest BCUT2D eigenvalue weighted by atomic mass is 9.97. The van der Waals surface area contributed by atoms with Crippen molar-refractivity contribution < 1.29 is 9.53 Å². The highest BCUT2D eigenvalue weighted by Gasteiger charge is 2.36. The number of nitrogen functional groups attached to an aromatic ring is 1. The summed E-state index contributed by atoms with van der Waals surface area (Å²) >= 11 is 0. The number of aryl methyl sites for hydroxylation is 1. The van der Waals surface area contributed by atoms with E-state index in [1.165, 1.54) is 11.1 Å². The van der Waals surface area contributed by atoms with Crippen LogP contribution in [-0.2, 0) is 11.2 Å². The molecule has 0 spiro atoms. The van der Waals surface area contributed by atoms with Crippen LogP contribution in [-0.4, -0.2) is 18.1 Å². The maximum Gasteiger partial charge on any atom is 0.268 e. The third-order valence-corrected chi connectivity index (χ3v) is 4.66. The second-order valence-electron chi connectivity index (χ2n) is 6.70. The van der Waals surface area contributed by atoms with Crippen LogP contribution in [0.1, 0.15) is 30.5 Å². The molecule has 0 radical (unpaired) electrons. The number of fused-ring (bicyclic) bond motifs is 1. The molecule has 0 aliphatic carbocycles. The summed E-state index contributed by atoms with van der Waals surface area (Å²) in [6.07, 6.45) is 0.0587. The zero-order chi connectivity index (χ0) is 17.4. The standard InChI is InChI=1S/C20H24N2O2/c1-12(2)22-17-11-16(21)8-9-18(17)24-19(20(22)23)10-15-7-5-6-13(3)14(15)4/h5-9,11-12,19H,10,21H2,1-4H3. The number of anilines is 2. The maximum atomic E-state index is 13.0. The Labute approximate surface area is 143 Å². The molecule has 1 amide bonds. The molecule has 4 nitrogen and oxygen atoms in total. The zero-order valence-corrected chi connectivity index (χ0v) is 14.7. The summed E-state index contributed by atoms with van der Waals surface area (Å²) in [5.74, 6) is 0.705. The first-order valence-corrected chi connectivity index (χ1v) is 8.33. The van der Waals surface area contributed by atoms with Gasteiger partial charge in [0, 0.05) is 18.2 Å². The first kappa shape index (κ1) is 16.4. The van der Waals surface area contributed by atoms with E-state index in [2.05, 4.69) is 26.0 Å². The molecule has 24 heavy (non-hydrogen) atoms. The van der Waals surface area contributed by atoms with Crippen molar-refractivity contribution in [3.8, 4) is 5.75 Å². The smallest absolute Gasteiger partial charge is 0.268 e. The zero-order valence-electron chi connectivity index (χ0n) is 14.7. The van der Waals surface area contributed by atoms with E-state index in [1.54, 1.807) is 11.0 Å². The molecule has 2 aromatic carbocycles. The molecule has 2 N–H and O–H groups in total. The Hall–Kier alpha value is -2.49. The van der Waals surface area contributed by atoms with Gasteiger partial charge in [-0.05, 0) is 62.6 Å². The summed E-state index contributed by atoms with van der Waals surface area (Å²) < 4.78 is 6.03. The van der Waals surface area contributed by atoms with Crippen molar-refractivity contribution in [3.05, 3.63) is 53.1 Å². The Bertz CT molecular complexity index is 783. The van der Waals surface area contributed by atoms with Crippen LogP contribution in [0.3, 0.4) is 0 Å².